The van der Waals surface area contributed by atoms with E-state index in [0.717, 1.165) is 21.9 Å². The van der Waals surface area contributed by atoms with E-state index in [9.17, 15) is 4.79 Å². The summed E-state index contributed by atoms with van der Waals surface area (Å²) >= 11 is 1.50. The maximum Gasteiger partial charge on any atom is 0.230 e. The highest BCUT2D eigenvalue weighted by molar-refractivity contribution is 7.15. The molecular formula is C15H18N2O2S. The van der Waals surface area contributed by atoms with Gasteiger partial charge in [-0.3, -0.25) is 4.79 Å². The van der Waals surface area contributed by atoms with Gasteiger partial charge in [-0.1, -0.05) is 12.1 Å². The second kappa shape index (κ2) is 6.52. The van der Waals surface area contributed by atoms with Crippen molar-refractivity contribution in [1.29, 1.82) is 0 Å². The number of hydrogen-bond donors (Lipinski definition) is 1. The molecule has 0 saturated carbocycles. The molecule has 2 rings (SSSR count). The van der Waals surface area contributed by atoms with Crippen LogP contribution in [0.5, 0.6) is 5.75 Å². The van der Waals surface area contributed by atoms with Crippen LogP contribution in [-0.4, -0.2) is 17.5 Å². The Morgan fingerprint density at radius 1 is 1.30 bits per heavy atom. The smallest absolute Gasteiger partial charge is 0.230 e. The van der Waals surface area contributed by atoms with E-state index in [4.69, 9.17) is 4.74 Å². The molecule has 0 unspecified atom stereocenters. The average molecular weight is 290 g/mol. The van der Waals surface area contributed by atoms with Crippen molar-refractivity contribution in [2.75, 3.05) is 11.9 Å². The molecule has 1 aromatic carbocycles. The average Bonchev–Trinajstić information content (AvgIpc) is 2.71. The number of aryl methyl sites for hydroxylation is 2. The molecule has 106 valence electrons. The topological polar surface area (TPSA) is 51.2 Å². The van der Waals surface area contributed by atoms with Gasteiger partial charge in [0.15, 0.2) is 5.13 Å². The SMILES string of the molecule is CCOc1ccc(CC(=O)Nc2nc(C)c(C)s2)cc1. The summed E-state index contributed by atoms with van der Waals surface area (Å²) in [7, 11) is 0. The number of anilines is 1. The van der Waals surface area contributed by atoms with Crippen molar-refractivity contribution in [2.45, 2.75) is 27.2 Å². The van der Waals surface area contributed by atoms with Crippen molar-refractivity contribution in [3.63, 3.8) is 0 Å². The van der Waals surface area contributed by atoms with Gasteiger partial charge in [-0.15, -0.1) is 11.3 Å². The van der Waals surface area contributed by atoms with Gasteiger partial charge in [0, 0.05) is 4.88 Å². The van der Waals surface area contributed by atoms with Crippen LogP contribution in [0.25, 0.3) is 0 Å². The fourth-order valence-corrected chi connectivity index (χ4v) is 2.58. The molecule has 0 aliphatic heterocycles. The Labute approximate surface area is 122 Å². The third-order valence-electron chi connectivity index (χ3n) is 2.87. The van der Waals surface area contributed by atoms with Crippen molar-refractivity contribution >= 4 is 22.4 Å². The number of thiazole rings is 1. The zero-order valence-corrected chi connectivity index (χ0v) is 12.7. The number of rotatable bonds is 5. The standard InChI is InChI=1S/C15H18N2O2S/c1-4-19-13-7-5-12(6-8-13)9-14(18)17-15-16-10(2)11(3)20-15/h5-8H,4,9H2,1-3H3,(H,16,17,18). The fourth-order valence-electron chi connectivity index (χ4n) is 1.75. The molecule has 5 heteroatoms. The van der Waals surface area contributed by atoms with Crippen LogP contribution in [0.1, 0.15) is 23.1 Å². The summed E-state index contributed by atoms with van der Waals surface area (Å²) in [5.41, 5.74) is 1.92. The Hall–Kier alpha value is -1.88. The maximum absolute atomic E-state index is 11.9. The van der Waals surface area contributed by atoms with Crippen LogP contribution < -0.4 is 10.1 Å². The molecule has 0 saturated heterocycles. The van der Waals surface area contributed by atoms with Crippen molar-refractivity contribution in [3.05, 3.63) is 40.4 Å². The van der Waals surface area contributed by atoms with E-state index >= 15 is 0 Å². The minimum Gasteiger partial charge on any atom is -0.494 e. The highest BCUT2D eigenvalue weighted by Crippen LogP contribution is 2.21. The molecule has 20 heavy (non-hydrogen) atoms. The summed E-state index contributed by atoms with van der Waals surface area (Å²) in [6.45, 7) is 6.52. The molecule has 1 N–H and O–H groups in total. The molecule has 0 spiro atoms. The maximum atomic E-state index is 11.9. The van der Waals surface area contributed by atoms with Crippen LogP contribution in [0.4, 0.5) is 5.13 Å². The van der Waals surface area contributed by atoms with Crippen LogP contribution in [-0.2, 0) is 11.2 Å². The fraction of sp³-hybridized carbons (Fsp3) is 0.333. The number of carbonyl (C=O) groups is 1. The number of carbonyl (C=O) groups excluding carboxylic acids is 1. The first-order chi connectivity index (χ1) is 9.58. The monoisotopic (exact) mass is 290 g/mol. The van der Waals surface area contributed by atoms with Gasteiger partial charge in [-0.25, -0.2) is 4.98 Å². The van der Waals surface area contributed by atoms with Crippen molar-refractivity contribution in [3.8, 4) is 5.75 Å². The van der Waals surface area contributed by atoms with E-state index in [1.165, 1.54) is 11.3 Å². The van der Waals surface area contributed by atoms with Crippen LogP contribution in [0.3, 0.4) is 0 Å². The van der Waals surface area contributed by atoms with E-state index in [1.54, 1.807) is 0 Å². The molecule has 0 radical (unpaired) electrons. The molecule has 0 aliphatic rings. The molecule has 4 nitrogen and oxygen atoms in total. The number of amides is 1. The van der Waals surface area contributed by atoms with Gasteiger partial charge in [0.05, 0.1) is 18.7 Å². The summed E-state index contributed by atoms with van der Waals surface area (Å²) < 4.78 is 5.37. The Morgan fingerprint density at radius 2 is 2.00 bits per heavy atom. The lowest BCUT2D eigenvalue weighted by Crippen LogP contribution is -2.14. The van der Waals surface area contributed by atoms with Gasteiger partial charge in [-0.05, 0) is 38.5 Å². The van der Waals surface area contributed by atoms with Crippen LogP contribution >= 0.6 is 11.3 Å². The summed E-state index contributed by atoms with van der Waals surface area (Å²) in [5, 5.41) is 3.49. The van der Waals surface area contributed by atoms with Gasteiger partial charge < -0.3 is 10.1 Å². The second-order valence-electron chi connectivity index (χ2n) is 4.46. The van der Waals surface area contributed by atoms with Crippen LogP contribution in [0, 0.1) is 13.8 Å². The zero-order chi connectivity index (χ0) is 14.5. The van der Waals surface area contributed by atoms with Crippen molar-refractivity contribution in [1.82, 2.24) is 4.98 Å². The number of nitrogens with one attached hydrogen (secondary N) is 1. The Morgan fingerprint density at radius 3 is 2.55 bits per heavy atom. The Balaban J connectivity index is 1.93. The molecule has 0 fully saturated rings. The van der Waals surface area contributed by atoms with Gasteiger partial charge in [-0.2, -0.15) is 0 Å². The number of nitrogens with zero attached hydrogens (tertiary/aromatic N) is 1. The highest BCUT2D eigenvalue weighted by Gasteiger charge is 2.08. The lowest BCUT2D eigenvalue weighted by atomic mass is 10.1. The molecule has 1 heterocycles. The zero-order valence-electron chi connectivity index (χ0n) is 11.9. The Bertz CT molecular complexity index is 571. The molecular weight excluding hydrogens is 272 g/mol. The highest BCUT2D eigenvalue weighted by atomic mass is 32.1. The predicted molar refractivity (Wildman–Crippen MR) is 81.5 cm³/mol. The summed E-state index contributed by atoms with van der Waals surface area (Å²) in [4.78, 5) is 17.4. The molecule has 1 amide bonds. The van der Waals surface area contributed by atoms with Crippen molar-refractivity contribution in [2.24, 2.45) is 0 Å². The molecule has 0 aliphatic carbocycles. The summed E-state index contributed by atoms with van der Waals surface area (Å²) in [6.07, 6.45) is 0.337. The van der Waals surface area contributed by atoms with E-state index in [1.807, 2.05) is 45.0 Å². The molecule has 2 aromatic rings. The molecule has 0 atom stereocenters. The minimum atomic E-state index is -0.0529. The van der Waals surface area contributed by atoms with Gasteiger partial charge in [0.2, 0.25) is 5.91 Å². The quantitative estimate of drug-likeness (QED) is 0.919. The van der Waals surface area contributed by atoms with E-state index in [0.29, 0.717) is 18.2 Å². The lowest BCUT2D eigenvalue weighted by Gasteiger charge is -2.05. The predicted octanol–water partition coefficient (Wildman–Crippen LogP) is 3.34. The first-order valence-corrected chi connectivity index (χ1v) is 7.35. The molecule has 0 bridgehead atoms. The third kappa shape index (κ3) is 3.81. The minimum absolute atomic E-state index is 0.0529. The summed E-state index contributed by atoms with van der Waals surface area (Å²) in [6, 6.07) is 7.57. The number of ether oxygens (including phenoxy) is 1. The van der Waals surface area contributed by atoms with E-state index in [-0.39, 0.29) is 5.91 Å². The largest absolute Gasteiger partial charge is 0.494 e. The number of aromatic nitrogens is 1. The van der Waals surface area contributed by atoms with Crippen LogP contribution in [0.2, 0.25) is 0 Å². The lowest BCUT2D eigenvalue weighted by molar-refractivity contribution is -0.115. The van der Waals surface area contributed by atoms with Gasteiger partial charge in [0.25, 0.3) is 0 Å². The number of hydrogen-bond acceptors (Lipinski definition) is 4. The number of benzene rings is 1. The van der Waals surface area contributed by atoms with E-state index in [2.05, 4.69) is 10.3 Å². The van der Waals surface area contributed by atoms with Gasteiger partial charge in [0.1, 0.15) is 5.75 Å². The normalized spacial score (nSPS) is 10.3. The second-order valence-corrected chi connectivity index (χ2v) is 5.67. The first kappa shape index (κ1) is 14.5. The van der Waals surface area contributed by atoms with Gasteiger partial charge >= 0.3 is 0 Å². The van der Waals surface area contributed by atoms with Crippen molar-refractivity contribution < 1.29 is 9.53 Å². The van der Waals surface area contributed by atoms with Crippen LogP contribution in [0.15, 0.2) is 24.3 Å². The molecule has 1 aromatic heterocycles. The first-order valence-electron chi connectivity index (χ1n) is 6.54. The Kier molecular flexibility index (Phi) is 4.74. The third-order valence-corrected chi connectivity index (χ3v) is 3.86. The van der Waals surface area contributed by atoms with E-state index < -0.39 is 0 Å². The summed E-state index contributed by atoms with van der Waals surface area (Å²) in [5.74, 6) is 0.769.